The van der Waals surface area contributed by atoms with E-state index in [2.05, 4.69) is 14.9 Å². The number of nitrogens with zero attached hydrogens (tertiary/aromatic N) is 2. The van der Waals surface area contributed by atoms with Gasteiger partial charge in [0.25, 0.3) is 11.5 Å². The number of halogens is 3. The number of pyridine rings is 1. The van der Waals surface area contributed by atoms with E-state index in [0.29, 0.717) is 43.6 Å². The van der Waals surface area contributed by atoms with Gasteiger partial charge in [0, 0.05) is 40.9 Å². The number of carbonyl (C=O) groups excluding carboxylic acids is 1. The number of likely N-dealkylation sites (tertiary alicyclic amines) is 1. The van der Waals surface area contributed by atoms with Crippen LogP contribution < -0.4 is 10.9 Å². The van der Waals surface area contributed by atoms with Gasteiger partial charge in [-0.25, -0.2) is 0 Å². The van der Waals surface area contributed by atoms with Gasteiger partial charge in [-0.3, -0.25) is 14.5 Å². The summed E-state index contributed by atoms with van der Waals surface area (Å²) >= 11 is 0. The fourth-order valence-electron chi connectivity index (χ4n) is 5.15. The van der Waals surface area contributed by atoms with E-state index in [9.17, 15) is 22.8 Å². The van der Waals surface area contributed by atoms with Crippen molar-refractivity contribution >= 4 is 16.8 Å². The van der Waals surface area contributed by atoms with Crippen molar-refractivity contribution in [1.29, 1.82) is 0 Å². The molecule has 1 aliphatic heterocycles. The second-order valence-electron chi connectivity index (χ2n) is 9.55. The number of aromatic nitrogens is 2. The summed E-state index contributed by atoms with van der Waals surface area (Å²) in [4.78, 5) is 29.8. The molecule has 2 aromatic heterocycles. The summed E-state index contributed by atoms with van der Waals surface area (Å²) in [5, 5.41) is 3.73. The molecule has 1 aliphatic rings. The number of alkyl halides is 3. The maximum atomic E-state index is 13.3. The highest BCUT2D eigenvalue weighted by Crippen LogP contribution is 2.30. The number of carbonyl (C=O) groups is 1. The van der Waals surface area contributed by atoms with Crippen molar-refractivity contribution in [2.24, 2.45) is 5.92 Å². The molecule has 0 saturated carbocycles. The van der Waals surface area contributed by atoms with Gasteiger partial charge in [-0.2, -0.15) is 13.2 Å². The number of aryl methyl sites for hydroxylation is 2. The van der Waals surface area contributed by atoms with E-state index in [0.717, 1.165) is 27.9 Å². The van der Waals surface area contributed by atoms with Crippen LogP contribution in [-0.2, 0) is 13.1 Å². The fraction of sp³-hybridized carbons (Fsp3) is 0.462. The minimum atomic E-state index is -4.18. The zero-order valence-corrected chi connectivity index (χ0v) is 20.3. The lowest BCUT2D eigenvalue weighted by atomic mass is 9.96. The summed E-state index contributed by atoms with van der Waals surface area (Å²) in [5.74, 6) is -0.0181. The van der Waals surface area contributed by atoms with Crippen LogP contribution >= 0.6 is 0 Å². The number of rotatable bonds is 6. The van der Waals surface area contributed by atoms with E-state index in [4.69, 9.17) is 0 Å². The van der Waals surface area contributed by atoms with Gasteiger partial charge in [0.05, 0.1) is 12.1 Å². The molecule has 1 fully saturated rings. The number of amides is 1. The van der Waals surface area contributed by atoms with Gasteiger partial charge in [0.15, 0.2) is 0 Å². The van der Waals surface area contributed by atoms with Crippen LogP contribution in [0.2, 0.25) is 0 Å². The molecule has 35 heavy (non-hydrogen) atoms. The molecule has 0 spiro atoms. The van der Waals surface area contributed by atoms with Gasteiger partial charge >= 0.3 is 6.18 Å². The van der Waals surface area contributed by atoms with Gasteiger partial charge in [-0.1, -0.05) is 18.2 Å². The Kier molecular flexibility index (Phi) is 7.07. The Morgan fingerprint density at radius 2 is 1.83 bits per heavy atom. The van der Waals surface area contributed by atoms with E-state index < -0.39 is 12.7 Å². The standard InChI is InChI=1S/C26H31F3N4O2/c1-16-12-17(2)31-24(34)21(16)13-30-25(35)23-18(3)33(22-7-5-4-6-20(22)23)14-19-8-10-32(11-9-19)15-26(27,28)29/h4-7,12,19H,8-11,13-15H2,1-3H3,(H,30,35)(H,31,34). The number of hydrogen-bond donors (Lipinski definition) is 2. The van der Waals surface area contributed by atoms with Crippen LogP contribution in [0.3, 0.4) is 0 Å². The Hall–Kier alpha value is -3.07. The second kappa shape index (κ2) is 9.89. The molecule has 3 aromatic rings. The second-order valence-corrected chi connectivity index (χ2v) is 9.55. The van der Waals surface area contributed by atoms with Crippen LogP contribution in [-0.4, -0.2) is 46.2 Å². The normalized spacial score (nSPS) is 15.6. The predicted molar refractivity (Wildman–Crippen MR) is 130 cm³/mol. The minimum Gasteiger partial charge on any atom is -0.348 e. The van der Waals surface area contributed by atoms with Crippen LogP contribution in [0, 0.1) is 26.7 Å². The molecule has 2 N–H and O–H groups in total. The van der Waals surface area contributed by atoms with Crippen molar-refractivity contribution in [3.05, 3.63) is 68.8 Å². The maximum absolute atomic E-state index is 13.3. The predicted octanol–water partition coefficient (Wildman–Crippen LogP) is 4.46. The number of piperidine rings is 1. The van der Waals surface area contributed by atoms with Crippen molar-refractivity contribution in [2.45, 2.75) is 52.9 Å². The molecule has 0 bridgehead atoms. The Morgan fingerprint density at radius 1 is 1.14 bits per heavy atom. The topological polar surface area (TPSA) is 70.1 Å². The van der Waals surface area contributed by atoms with Crippen molar-refractivity contribution in [1.82, 2.24) is 19.8 Å². The Morgan fingerprint density at radius 3 is 2.49 bits per heavy atom. The first-order valence-electron chi connectivity index (χ1n) is 11.9. The Bertz CT molecular complexity index is 1280. The van der Waals surface area contributed by atoms with E-state index in [1.54, 1.807) is 0 Å². The molecule has 1 aromatic carbocycles. The van der Waals surface area contributed by atoms with Gasteiger partial charge in [0.2, 0.25) is 0 Å². The van der Waals surface area contributed by atoms with E-state index >= 15 is 0 Å². The number of benzene rings is 1. The summed E-state index contributed by atoms with van der Waals surface area (Å²) in [5.41, 5.74) is 4.22. The average Bonchev–Trinajstić information content (AvgIpc) is 3.04. The third-order valence-electron chi connectivity index (χ3n) is 6.93. The molecule has 0 atom stereocenters. The van der Waals surface area contributed by atoms with E-state index in [-0.39, 0.29) is 23.9 Å². The molecule has 1 amide bonds. The number of nitrogens with one attached hydrogen (secondary N) is 2. The molecule has 3 heterocycles. The van der Waals surface area contributed by atoms with Crippen molar-refractivity contribution in [3.63, 3.8) is 0 Å². The maximum Gasteiger partial charge on any atom is 0.401 e. The van der Waals surface area contributed by atoms with Crippen LogP contribution in [0.1, 0.15) is 45.7 Å². The highest BCUT2D eigenvalue weighted by molar-refractivity contribution is 6.08. The highest BCUT2D eigenvalue weighted by atomic mass is 19.4. The summed E-state index contributed by atoms with van der Waals surface area (Å²) < 4.78 is 40.3. The number of aromatic amines is 1. The summed E-state index contributed by atoms with van der Waals surface area (Å²) in [6.07, 6.45) is -2.82. The SMILES string of the molecule is Cc1cc(C)c(CNC(=O)c2c(C)n(CC3CCN(CC(F)(F)F)CC3)c3ccccc23)c(=O)[nH]1. The van der Waals surface area contributed by atoms with E-state index in [1.165, 1.54) is 4.90 Å². The third kappa shape index (κ3) is 5.61. The molecule has 0 unspecified atom stereocenters. The molecular formula is C26H31F3N4O2. The smallest absolute Gasteiger partial charge is 0.348 e. The lowest BCUT2D eigenvalue weighted by Gasteiger charge is -2.32. The molecule has 4 rings (SSSR count). The zero-order valence-electron chi connectivity index (χ0n) is 20.3. The first-order valence-corrected chi connectivity index (χ1v) is 11.9. The Labute approximate surface area is 202 Å². The van der Waals surface area contributed by atoms with Gasteiger partial charge < -0.3 is 14.9 Å². The molecule has 0 radical (unpaired) electrons. The number of H-pyrrole nitrogens is 1. The number of para-hydroxylation sites is 1. The van der Waals surface area contributed by atoms with Crippen LogP contribution in [0.25, 0.3) is 10.9 Å². The minimum absolute atomic E-state index is 0.122. The van der Waals surface area contributed by atoms with Gasteiger partial charge in [-0.15, -0.1) is 0 Å². The first kappa shape index (κ1) is 25.0. The monoisotopic (exact) mass is 488 g/mol. The molecule has 6 nitrogen and oxygen atoms in total. The zero-order chi connectivity index (χ0) is 25.3. The van der Waals surface area contributed by atoms with Gasteiger partial charge in [-0.05, 0) is 70.3 Å². The Balaban J connectivity index is 1.52. The molecule has 188 valence electrons. The van der Waals surface area contributed by atoms with Crippen LogP contribution in [0.5, 0.6) is 0 Å². The molecule has 0 aliphatic carbocycles. The molecular weight excluding hydrogens is 457 g/mol. The van der Waals surface area contributed by atoms with Crippen molar-refractivity contribution < 1.29 is 18.0 Å². The van der Waals surface area contributed by atoms with Crippen LogP contribution in [0.4, 0.5) is 13.2 Å². The number of hydrogen-bond acceptors (Lipinski definition) is 3. The molecule has 9 heteroatoms. The fourth-order valence-corrected chi connectivity index (χ4v) is 5.15. The van der Waals surface area contributed by atoms with Crippen LogP contribution in [0.15, 0.2) is 35.1 Å². The summed E-state index contributed by atoms with van der Waals surface area (Å²) in [6.45, 7) is 6.31. The third-order valence-corrected chi connectivity index (χ3v) is 6.93. The number of fused-ring (bicyclic) bond motifs is 1. The quantitative estimate of drug-likeness (QED) is 0.538. The molecule has 1 saturated heterocycles. The lowest BCUT2D eigenvalue weighted by Crippen LogP contribution is -2.40. The van der Waals surface area contributed by atoms with E-state index in [1.807, 2.05) is 51.1 Å². The average molecular weight is 489 g/mol. The van der Waals surface area contributed by atoms with Crippen molar-refractivity contribution in [3.8, 4) is 0 Å². The highest BCUT2D eigenvalue weighted by Gasteiger charge is 2.33. The lowest BCUT2D eigenvalue weighted by molar-refractivity contribution is -0.148. The largest absolute Gasteiger partial charge is 0.401 e. The van der Waals surface area contributed by atoms with Gasteiger partial charge in [0.1, 0.15) is 0 Å². The van der Waals surface area contributed by atoms with Crippen molar-refractivity contribution in [2.75, 3.05) is 19.6 Å². The summed E-state index contributed by atoms with van der Waals surface area (Å²) in [7, 11) is 0. The summed E-state index contributed by atoms with van der Waals surface area (Å²) in [6, 6.07) is 9.55. The first-order chi connectivity index (χ1) is 16.5.